The van der Waals surface area contributed by atoms with Crippen LogP contribution in [0.2, 0.25) is 5.02 Å². The molecule has 1 saturated heterocycles. The Morgan fingerprint density at radius 3 is 2.52 bits per heavy atom. The van der Waals surface area contributed by atoms with Gasteiger partial charge in [0.1, 0.15) is 6.04 Å². The van der Waals surface area contributed by atoms with Crippen LogP contribution in [-0.2, 0) is 4.79 Å². The molecule has 2 aliphatic rings. The third-order valence-corrected chi connectivity index (χ3v) is 6.35. The molecule has 3 N–H and O–H groups in total. The largest absolute Gasteiger partial charge is 0.340 e. The molecule has 27 heavy (non-hydrogen) atoms. The summed E-state index contributed by atoms with van der Waals surface area (Å²) in [4.78, 5) is 27.7. The number of hydrogen-bond donors (Lipinski definition) is 2. The predicted molar refractivity (Wildman–Crippen MR) is 110 cm³/mol. The number of nitrogens with two attached hydrogens (primary N) is 1. The summed E-state index contributed by atoms with van der Waals surface area (Å²) in [6.45, 7) is 5.52. The van der Waals surface area contributed by atoms with Crippen molar-refractivity contribution in [2.75, 3.05) is 13.1 Å². The highest BCUT2D eigenvalue weighted by molar-refractivity contribution is 6.30. The third-order valence-electron chi connectivity index (χ3n) is 6.10. The Labute approximate surface area is 172 Å². The molecule has 1 aromatic carbocycles. The Morgan fingerprint density at radius 2 is 1.93 bits per heavy atom. The first kappa shape index (κ1) is 22.0. The van der Waals surface area contributed by atoms with Gasteiger partial charge in [0.15, 0.2) is 0 Å². The zero-order chi connectivity index (χ0) is 18.8. The molecule has 5 unspecified atom stereocenters. The summed E-state index contributed by atoms with van der Waals surface area (Å²) in [6.07, 6.45) is 2.97. The van der Waals surface area contributed by atoms with Gasteiger partial charge in [-0.15, -0.1) is 12.4 Å². The van der Waals surface area contributed by atoms with Crippen molar-refractivity contribution in [1.29, 1.82) is 0 Å². The first-order valence-corrected chi connectivity index (χ1v) is 9.89. The van der Waals surface area contributed by atoms with Crippen molar-refractivity contribution in [3.05, 3.63) is 34.9 Å². The summed E-state index contributed by atoms with van der Waals surface area (Å²) < 4.78 is 0. The van der Waals surface area contributed by atoms with Crippen LogP contribution in [0, 0.1) is 17.8 Å². The Morgan fingerprint density at radius 1 is 1.26 bits per heavy atom. The zero-order valence-electron chi connectivity index (χ0n) is 15.9. The lowest BCUT2D eigenvalue weighted by molar-refractivity contribution is -0.133. The van der Waals surface area contributed by atoms with Crippen LogP contribution in [0.15, 0.2) is 24.3 Å². The normalized spacial score (nSPS) is 26.1. The lowest BCUT2D eigenvalue weighted by Crippen LogP contribution is -2.51. The highest BCUT2D eigenvalue weighted by atomic mass is 35.5. The number of carbonyl (C=O) groups is 2. The summed E-state index contributed by atoms with van der Waals surface area (Å²) in [5, 5.41) is 3.53. The molecule has 0 radical (unpaired) electrons. The monoisotopic (exact) mass is 413 g/mol. The molecule has 1 heterocycles. The van der Waals surface area contributed by atoms with Gasteiger partial charge in [-0.05, 0) is 54.9 Å². The van der Waals surface area contributed by atoms with E-state index in [1.807, 2.05) is 18.7 Å². The highest BCUT2D eigenvalue weighted by Gasteiger charge is 2.44. The minimum atomic E-state index is -0.516. The van der Waals surface area contributed by atoms with E-state index in [-0.39, 0.29) is 36.2 Å². The fraction of sp³-hybridized carbons (Fsp3) is 0.600. The molecule has 5 nitrogen and oxygen atoms in total. The molecule has 0 bridgehead atoms. The van der Waals surface area contributed by atoms with Gasteiger partial charge in [-0.1, -0.05) is 31.9 Å². The van der Waals surface area contributed by atoms with E-state index in [0.29, 0.717) is 29.0 Å². The van der Waals surface area contributed by atoms with Crippen LogP contribution in [0.3, 0.4) is 0 Å². The number of likely N-dealkylation sites (tertiary alicyclic amines) is 1. The van der Waals surface area contributed by atoms with Crippen LogP contribution in [0.1, 0.15) is 43.5 Å². The van der Waals surface area contributed by atoms with E-state index >= 15 is 0 Å². The Hall–Kier alpha value is -1.30. The number of carbonyl (C=O) groups excluding carboxylic acids is 2. The maximum Gasteiger partial charge on any atom is 0.251 e. The maximum absolute atomic E-state index is 13.2. The van der Waals surface area contributed by atoms with Crippen LogP contribution in [0.25, 0.3) is 0 Å². The third kappa shape index (κ3) is 4.76. The van der Waals surface area contributed by atoms with Crippen LogP contribution >= 0.6 is 24.0 Å². The van der Waals surface area contributed by atoms with Gasteiger partial charge in [-0.2, -0.15) is 0 Å². The highest BCUT2D eigenvalue weighted by Crippen LogP contribution is 2.37. The van der Waals surface area contributed by atoms with Crippen LogP contribution in [0.5, 0.6) is 0 Å². The fourth-order valence-electron chi connectivity index (χ4n) is 4.19. The molecule has 0 spiro atoms. The Balaban J connectivity index is 0.00000261. The van der Waals surface area contributed by atoms with Crippen LogP contribution in [0.4, 0.5) is 0 Å². The molecule has 2 amide bonds. The van der Waals surface area contributed by atoms with Gasteiger partial charge >= 0.3 is 0 Å². The number of nitrogens with zero attached hydrogens (tertiary/aromatic N) is 1. The topological polar surface area (TPSA) is 75.4 Å². The molecule has 1 aliphatic heterocycles. The smallest absolute Gasteiger partial charge is 0.251 e. The van der Waals surface area contributed by atoms with Crippen LogP contribution in [-0.4, -0.2) is 41.9 Å². The van der Waals surface area contributed by atoms with Crippen molar-refractivity contribution in [3.8, 4) is 0 Å². The summed E-state index contributed by atoms with van der Waals surface area (Å²) in [5.74, 6) is 0.759. The van der Waals surface area contributed by atoms with Gasteiger partial charge in [0, 0.05) is 29.7 Å². The summed E-state index contributed by atoms with van der Waals surface area (Å²) >= 11 is 5.89. The van der Waals surface area contributed by atoms with Crippen molar-refractivity contribution in [2.45, 2.75) is 45.2 Å². The molecule has 5 atom stereocenters. The number of rotatable bonds is 5. The van der Waals surface area contributed by atoms with Gasteiger partial charge in [0.05, 0.1) is 0 Å². The molecule has 0 aromatic heterocycles. The standard InChI is InChI=1S/C20H28ClN3O2.ClH/c1-3-12(2)18(23-19(25)13-4-7-15(21)8-5-13)20(26)24-10-14-6-9-17(22)16(14)11-24;/h4-5,7-8,12,14,16-18H,3,6,9-11,22H2,1-2H3,(H,23,25);1H. The summed E-state index contributed by atoms with van der Waals surface area (Å²) in [5.41, 5.74) is 6.70. The van der Waals surface area contributed by atoms with E-state index in [0.717, 1.165) is 25.8 Å². The van der Waals surface area contributed by atoms with Gasteiger partial charge in [-0.3, -0.25) is 9.59 Å². The minimum absolute atomic E-state index is 0. The second kappa shape index (κ2) is 9.26. The number of hydrogen-bond acceptors (Lipinski definition) is 3. The minimum Gasteiger partial charge on any atom is -0.340 e. The van der Waals surface area contributed by atoms with E-state index < -0.39 is 6.04 Å². The van der Waals surface area contributed by atoms with Crippen molar-refractivity contribution in [1.82, 2.24) is 10.2 Å². The molecule has 150 valence electrons. The lowest BCUT2D eigenvalue weighted by atomic mass is 9.97. The van der Waals surface area contributed by atoms with Gasteiger partial charge in [0.25, 0.3) is 5.91 Å². The van der Waals surface area contributed by atoms with E-state index in [1.54, 1.807) is 24.3 Å². The molecule has 3 rings (SSSR count). The van der Waals surface area contributed by atoms with E-state index in [1.165, 1.54) is 0 Å². The quantitative estimate of drug-likeness (QED) is 0.778. The van der Waals surface area contributed by atoms with Gasteiger partial charge < -0.3 is 16.0 Å². The molecule has 2 fully saturated rings. The van der Waals surface area contributed by atoms with Crippen molar-refractivity contribution < 1.29 is 9.59 Å². The van der Waals surface area contributed by atoms with Crippen molar-refractivity contribution in [2.24, 2.45) is 23.5 Å². The van der Waals surface area contributed by atoms with Crippen molar-refractivity contribution >= 4 is 35.8 Å². The van der Waals surface area contributed by atoms with Crippen molar-refractivity contribution in [3.63, 3.8) is 0 Å². The molecule has 1 saturated carbocycles. The number of nitrogens with one attached hydrogen (secondary N) is 1. The predicted octanol–water partition coefficient (Wildman–Crippen LogP) is 3.10. The average Bonchev–Trinajstić information content (AvgIpc) is 3.21. The summed E-state index contributed by atoms with van der Waals surface area (Å²) in [7, 11) is 0. The number of benzene rings is 1. The maximum atomic E-state index is 13.2. The summed E-state index contributed by atoms with van der Waals surface area (Å²) in [6, 6.07) is 6.39. The van der Waals surface area contributed by atoms with E-state index in [2.05, 4.69) is 5.32 Å². The lowest BCUT2D eigenvalue weighted by Gasteiger charge is -2.29. The van der Waals surface area contributed by atoms with Gasteiger partial charge in [0.2, 0.25) is 5.91 Å². The number of amides is 2. The molecule has 1 aromatic rings. The number of fused-ring (bicyclic) bond motifs is 1. The van der Waals surface area contributed by atoms with E-state index in [9.17, 15) is 9.59 Å². The number of halogens is 2. The second-order valence-electron chi connectivity index (χ2n) is 7.75. The first-order valence-electron chi connectivity index (χ1n) is 9.51. The van der Waals surface area contributed by atoms with E-state index in [4.69, 9.17) is 17.3 Å². The van der Waals surface area contributed by atoms with Gasteiger partial charge in [-0.25, -0.2) is 0 Å². The van der Waals surface area contributed by atoms with Crippen LogP contribution < -0.4 is 11.1 Å². The molecule has 7 heteroatoms. The zero-order valence-corrected chi connectivity index (χ0v) is 17.4. The SMILES string of the molecule is CCC(C)C(NC(=O)c1ccc(Cl)cc1)C(=O)N1CC2CCC(N)C2C1.Cl. The Kier molecular flexibility index (Phi) is 7.55. The Bertz CT molecular complexity index is 668. The fourth-order valence-corrected chi connectivity index (χ4v) is 4.32. The molecular formula is C20H29Cl2N3O2. The average molecular weight is 414 g/mol. The molecule has 1 aliphatic carbocycles. The molecular weight excluding hydrogens is 385 g/mol. The second-order valence-corrected chi connectivity index (χ2v) is 8.19. The first-order chi connectivity index (χ1) is 12.4.